The van der Waals surface area contributed by atoms with Crippen molar-refractivity contribution in [2.24, 2.45) is 0 Å². The minimum absolute atomic E-state index is 0.702. The molecule has 0 amide bonds. The molecular weight excluding hydrogens is 238 g/mol. The minimum Gasteiger partial charge on any atom is -0.334 e. The first-order valence-electron chi connectivity index (χ1n) is 4.05. The van der Waals surface area contributed by atoms with E-state index in [1.807, 2.05) is 0 Å². The van der Waals surface area contributed by atoms with Gasteiger partial charge in [-0.1, -0.05) is 6.08 Å². The van der Waals surface area contributed by atoms with Crippen LogP contribution in [0.1, 0.15) is 0 Å². The second-order valence-electron chi connectivity index (χ2n) is 2.90. The summed E-state index contributed by atoms with van der Waals surface area (Å²) in [5, 5.41) is 0. The molecule has 16 heavy (non-hydrogen) atoms. The van der Waals surface area contributed by atoms with E-state index >= 15 is 0 Å². The Bertz CT molecular complexity index is 374. The van der Waals surface area contributed by atoms with E-state index in [9.17, 15) is 26.3 Å². The summed E-state index contributed by atoms with van der Waals surface area (Å²) in [5.74, 6) is -13.7. The van der Waals surface area contributed by atoms with Gasteiger partial charge in [-0.2, -0.15) is 0 Å². The first-order valence-corrected chi connectivity index (χ1v) is 4.05. The number of halogens is 6. The predicted molar refractivity (Wildman–Crippen MR) is 43.4 cm³/mol. The van der Waals surface area contributed by atoms with Crippen molar-refractivity contribution in [2.45, 2.75) is 12.0 Å². The molecule has 1 rings (SSSR count). The lowest BCUT2D eigenvalue weighted by Gasteiger charge is -2.28. The standard InChI is InChI=1S/C9H6F6O/c1-2-3-16-9(15)7(13)5(11)4(10)6(12)8(9)14/h2,7H,1,3H2/t7-,9-/m0/s1. The van der Waals surface area contributed by atoms with Crippen LogP contribution in [0.25, 0.3) is 0 Å². The monoisotopic (exact) mass is 244 g/mol. The Morgan fingerprint density at radius 3 is 2.31 bits per heavy atom. The SMILES string of the molecule is C=CCO[C@]1(F)C(F)=C(F)C(F)=C(F)[C@@H]1F. The zero-order valence-electron chi connectivity index (χ0n) is 7.74. The number of rotatable bonds is 3. The first-order chi connectivity index (χ1) is 7.36. The van der Waals surface area contributed by atoms with Crippen LogP contribution in [0, 0.1) is 0 Å². The van der Waals surface area contributed by atoms with Gasteiger partial charge in [-0.3, -0.25) is 0 Å². The maximum Gasteiger partial charge on any atom is 0.303 e. The summed E-state index contributed by atoms with van der Waals surface area (Å²) < 4.78 is 81.1. The highest BCUT2D eigenvalue weighted by molar-refractivity contribution is 5.37. The maximum absolute atomic E-state index is 13.5. The molecule has 90 valence electrons. The molecule has 1 aliphatic rings. The Morgan fingerprint density at radius 2 is 1.81 bits per heavy atom. The minimum atomic E-state index is -4.00. The maximum atomic E-state index is 13.5. The zero-order valence-corrected chi connectivity index (χ0v) is 7.74. The summed E-state index contributed by atoms with van der Waals surface area (Å²) in [6.45, 7) is 2.35. The molecule has 0 aromatic carbocycles. The molecule has 0 spiro atoms. The Balaban J connectivity index is 3.18. The Hall–Kier alpha value is -1.24. The van der Waals surface area contributed by atoms with Gasteiger partial charge >= 0.3 is 5.85 Å². The number of allylic oxidation sites excluding steroid dienone is 2. The van der Waals surface area contributed by atoms with Crippen LogP contribution in [0.4, 0.5) is 26.3 Å². The summed E-state index contributed by atoms with van der Waals surface area (Å²) in [4.78, 5) is 0. The van der Waals surface area contributed by atoms with Crippen LogP contribution in [0.2, 0.25) is 0 Å². The van der Waals surface area contributed by atoms with Crippen LogP contribution in [-0.4, -0.2) is 18.6 Å². The van der Waals surface area contributed by atoms with Crippen molar-refractivity contribution in [3.8, 4) is 0 Å². The molecule has 0 radical (unpaired) electrons. The molecule has 1 nitrogen and oxygen atoms in total. The molecule has 7 heteroatoms. The van der Waals surface area contributed by atoms with E-state index in [-0.39, 0.29) is 0 Å². The third kappa shape index (κ3) is 1.75. The average molecular weight is 244 g/mol. The highest BCUT2D eigenvalue weighted by atomic mass is 19.2. The Kier molecular flexibility index (Phi) is 3.47. The lowest BCUT2D eigenvalue weighted by atomic mass is 10.0. The first kappa shape index (κ1) is 12.8. The third-order valence-electron chi connectivity index (χ3n) is 1.85. The Morgan fingerprint density at radius 1 is 1.25 bits per heavy atom. The fraction of sp³-hybridized carbons (Fsp3) is 0.333. The van der Waals surface area contributed by atoms with Gasteiger partial charge in [0, 0.05) is 0 Å². The summed E-state index contributed by atoms with van der Waals surface area (Å²) >= 11 is 0. The lowest BCUT2D eigenvalue weighted by molar-refractivity contribution is -0.163. The quantitative estimate of drug-likeness (QED) is 0.545. The fourth-order valence-electron chi connectivity index (χ4n) is 1.05. The Labute approximate surface area is 86.7 Å². The van der Waals surface area contributed by atoms with E-state index in [0.717, 1.165) is 6.08 Å². The van der Waals surface area contributed by atoms with Crippen molar-refractivity contribution in [3.63, 3.8) is 0 Å². The molecule has 0 aliphatic heterocycles. The molecule has 2 atom stereocenters. The van der Waals surface area contributed by atoms with Crippen LogP contribution in [-0.2, 0) is 4.74 Å². The second-order valence-corrected chi connectivity index (χ2v) is 2.90. The van der Waals surface area contributed by atoms with Crippen molar-refractivity contribution >= 4 is 0 Å². The summed E-state index contributed by atoms with van der Waals surface area (Å²) in [5.41, 5.74) is 0. The average Bonchev–Trinajstić information content (AvgIpc) is 2.29. The molecule has 0 aromatic rings. The molecule has 0 unspecified atom stereocenters. The van der Waals surface area contributed by atoms with Crippen LogP contribution in [0.3, 0.4) is 0 Å². The smallest absolute Gasteiger partial charge is 0.303 e. The third-order valence-corrected chi connectivity index (χ3v) is 1.85. The van der Waals surface area contributed by atoms with E-state index in [1.54, 1.807) is 0 Å². The van der Waals surface area contributed by atoms with Gasteiger partial charge in [-0.05, 0) is 0 Å². The largest absolute Gasteiger partial charge is 0.334 e. The molecular formula is C9H6F6O. The van der Waals surface area contributed by atoms with E-state index in [2.05, 4.69) is 11.3 Å². The summed E-state index contributed by atoms with van der Waals surface area (Å²) in [6, 6.07) is 0. The van der Waals surface area contributed by atoms with Crippen molar-refractivity contribution in [3.05, 3.63) is 36.0 Å². The molecule has 0 aromatic heterocycles. The zero-order chi connectivity index (χ0) is 12.5. The molecule has 0 saturated heterocycles. The molecule has 0 bridgehead atoms. The van der Waals surface area contributed by atoms with E-state index in [1.165, 1.54) is 0 Å². The van der Waals surface area contributed by atoms with Gasteiger partial charge in [0.05, 0.1) is 6.61 Å². The second kappa shape index (κ2) is 4.32. The predicted octanol–water partition coefficient (Wildman–Crippen LogP) is 3.51. The van der Waals surface area contributed by atoms with Crippen LogP contribution >= 0.6 is 0 Å². The van der Waals surface area contributed by atoms with Crippen LogP contribution < -0.4 is 0 Å². The van der Waals surface area contributed by atoms with E-state index in [0.29, 0.717) is 0 Å². The van der Waals surface area contributed by atoms with Crippen molar-refractivity contribution in [1.29, 1.82) is 0 Å². The van der Waals surface area contributed by atoms with E-state index in [4.69, 9.17) is 0 Å². The fourth-order valence-corrected chi connectivity index (χ4v) is 1.05. The van der Waals surface area contributed by atoms with Crippen molar-refractivity contribution in [2.75, 3.05) is 6.61 Å². The summed E-state index contributed by atoms with van der Waals surface area (Å²) in [6.07, 6.45) is -2.49. The van der Waals surface area contributed by atoms with Crippen molar-refractivity contribution in [1.82, 2.24) is 0 Å². The topological polar surface area (TPSA) is 9.23 Å². The van der Waals surface area contributed by atoms with Gasteiger partial charge in [-0.15, -0.1) is 6.58 Å². The highest BCUT2D eigenvalue weighted by Crippen LogP contribution is 2.44. The molecule has 0 fully saturated rings. The van der Waals surface area contributed by atoms with Crippen LogP contribution in [0.5, 0.6) is 0 Å². The number of alkyl halides is 2. The number of hydrogen-bond donors (Lipinski definition) is 0. The van der Waals surface area contributed by atoms with Gasteiger partial charge in [0.2, 0.25) is 12.0 Å². The van der Waals surface area contributed by atoms with Gasteiger partial charge in [0.1, 0.15) is 0 Å². The molecule has 0 N–H and O–H groups in total. The lowest BCUT2D eigenvalue weighted by Crippen LogP contribution is -2.42. The van der Waals surface area contributed by atoms with Gasteiger partial charge < -0.3 is 4.74 Å². The van der Waals surface area contributed by atoms with Gasteiger partial charge in [0.25, 0.3) is 0 Å². The number of hydrogen-bond acceptors (Lipinski definition) is 1. The number of ether oxygens (including phenoxy) is 1. The molecule has 0 heterocycles. The normalized spacial score (nSPS) is 31.0. The summed E-state index contributed by atoms with van der Waals surface area (Å²) in [7, 11) is 0. The molecule has 0 saturated carbocycles. The highest BCUT2D eigenvalue weighted by Gasteiger charge is 2.55. The van der Waals surface area contributed by atoms with E-state index < -0.39 is 41.9 Å². The molecule has 1 aliphatic carbocycles. The van der Waals surface area contributed by atoms with Gasteiger partial charge in [0.15, 0.2) is 17.5 Å². The van der Waals surface area contributed by atoms with Crippen LogP contribution in [0.15, 0.2) is 36.0 Å². The van der Waals surface area contributed by atoms with Crippen molar-refractivity contribution < 1.29 is 31.1 Å². The van der Waals surface area contributed by atoms with Gasteiger partial charge in [-0.25, -0.2) is 26.3 Å².